The van der Waals surface area contributed by atoms with Crippen LogP contribution >= 0.6 is 15.9 Å². The van der Waals surface area contributed by atoms with E-state index < -0.39 is 18.0 Å². The highest BCUT2D eigenvalue weighted by Gasteiger charge is 2.33. The Morgan fingerprint density at radius 1 is 1.34 bits per heavy atom. The Kier molecular flexibility index (Phi) is 5.17. The van der Waals surface area contributed by atoms with Crippen LogP contribution in [0, 0.1) is 6.92 Å². The molecule has 1 aliphatic heterocycles. The molecule has 3 heterocycles. The van der Waals surface area contributed by atoms with Crippen LogP contribution in [0.5, 0.6) is 0 Å². The molecule has 1 aliphatic carbocycles. The molecule has 0 spiro atoms. The van der Waals surface area contributed by atoms with Crippen molar-refractivity contribution in [1.82, 2.24) is 19.8 Å². The van der Waals surface area contributed by atoms with E-state index in [4.69, 9.17) is 9.15 Å². The molecule has 1 atom stereocenters. The number of carboxylic acid groups (broad SMARTS) is 1. The maximum absolute atomic E-state index is 13.3. The summed E-state index contributed by atoms with van der Waals surface area (Å²) in [7, 11) is 0. The molecule has 0 bridgehead atoms. The van der Waals surface area contributed by atoms with Gasteiger partial charge in [-0.1, -0.05) is 15.9 Å². The molecule has 11 heteroatoms. The van der Waals surface area contributed by atoms with Gasteiger partial charge < -0.3 is 24.1 Å². The van der Waals surface area contributed by atoms with Gasteiger partial charge >= 0.3 is 6.09 Å². The molecule has 0 unspecified atom stereocenters. The number of morpholine rings is 1. The van der Waals surface area contributed by atoms with Crippen molar-refractivity contribution in [2.45, 2.75) is 38.4 Å². The maximum Gasteiger partial charge on any atom is 0.408 e. The van der Waals surface area contributed by atoms with E-state index in [9.17, 15) is 19.5 Å². The zero-order valence-electron chi connectivity index (χ0n) is 17.3. The van der Waals surface area contributed by atoms with Crippen LogP contribution in [-0.4, -0.2) is 57.4 Å². The number of aryl methyl sites for hydroxylation is 1. The van der Waals surface area contributed by atoms with Gasteiger partial charge in [0, 0.05) is 22.4 Å². The summed E-state index contributed by atoms with van der Waals surface area (Å²) in [5, 5.41) is 12.7. The fourth-order valence-electron chi connectivity index (χ4n) is 4.16. The van der Waals surface area contributed by atoms with Crippen LogP contribution in [-0.2, 0) is 16.1 Å². The number of amides is 2. The van der Waals surface area contributed by atoms with Gasteiger partial charge in [-0.25, -0.2) is 9.78 Å². The SMILES string of the molecule is Cc1c(Br)ccc2c3oc(CNC(=O)[C@@H]4COCCN4C(=O)O)nc3c(=O)n(C3CC3)c12. The summed E-state index contributed by atoms with van der Waals surface area (Å²) in [5.41, 5.74) is 2.17. The summed E-state index contributed by atoms with van der Waals surface area (Å²) >= 11 is 3.54. The molecule has 1 saturated carbocycles. The predicted octanol–water partition coefficient (Wildman–Crippen LogP) is 2.54. The Labute approximate surface area is 190 Å². The molecule has 10 nitrogen and oxygen atoms in total. The van der Waals surface area contributed by atoms with Crippen molar-refractivity contribution in [1.29, 1.82) is 0 Å². The predicted molar refractivity (Wildman–Crippen MR) is 118 cm³/mol. The van der Waals surface area contributed by atoms with Gasteiger partial charge in [0.25, 0.3) is 5.56 Å². The second-order valence-electron chi connectivity index (χ2n) is 8.04. The van der Waals surface area contributed by atoms with Crippen LogP contribution in [0.3, 0.4) is 0 Å². The van der Waals surface area contributed by atoms with Crippen LogP contribution in [0.2, 0.25) is 0 Å². The molecule has 1 aromatic carbocycles. The third-order valence-corrected chi connectivity index (χ3v) is 6.81. The van der Waals surface area contributed by atoms with Crippen molar-refractivity contribution >= 4 is 49.9 Å². The number of fused-ring (bicyclic) bond motifs is 3. The number of aromatic nitrogens is 2. The Morgan fingerprint density at radius 3 is 2.84 bits per heavy atom. The van der Waals surface area contributed by atoms with E-state index in [1.54, 1.807) is 4.57 Å². The zero-order valence-corrected chi connectivity index (χ0v) is 18.8. The molecule has 2 N–H and O–H groups in total. The lowest BCUT2D eigenvalue weighted by Gasteiger charge is -2.32. The number of benzene rings is 1. The first-order valence-corrected chi connectivity index (χ1v) is 11.1. The summed E-state index contributed by atoms with van der Waals surface area (Å²) in [5.74, 6) is -0.325. The third kappa shape index (κ3) is 3.45. The first kappa shape index (κ1) is 21.0. The van der Waals surface area contributed by atoms with E-state index >= 15 is 0 Å². The number of hydrogen-bond acceptors (Lipinski definition) is 6. The van der Waals surface area contributed by atoms with Crippen LogP contribution in [0.1, 0.15) is 30.3 Å². The molecule has 2 amide bonds. The summed E-state index contributed by atoms with van der Waals surface area (Å²) in [6.07, 6.45) is 0.706. The van der Waals surface area contributed by atoms with Crippen molar-refractivity contribution in [3.05, 3.63) is 38.4 Å². The third-order valence-electron chi connectivity index (χ3n) is 5.95. The van der Waals surface area contributed by atoms with Crippen LogP contribution in [0.4, 0.5) is 4.79 Å². The van der Waals surface area contributed by atoms with Gasteiger partial charge in [0.05, 0.1) is 25.3 Å². The van der Waals surface area contributed by atoms with E-state index in [-0.39, 0.29) is 49.3 Å². The normalized spacial score (nSPS) is 18.9. The second kappa shape index (κ2) is 7.89. The lowest BCUT2D eigenvalue weighted by Crippen LogP contribution is -2.55. The number of halogens is 1. The molecule has 2 fully saturated rings. The highest BCUT2D eigenvalue weighted by molar-refractivity contribution is 9.10. The van der Waals surface area contributed by atoms with Crippen molar-refractivity contribution in [2.75, 3.05) is 19.8 Å². The number of rotatable bonds is 4. The molecule has 5 rings (SSSR count). The number of oxazole rings is 1. The van der Waals surface area contributed by atoms with Crippen molar-refractivity contribution in [3.63, 3.8) is 0 Å². The summed E-state index contributed by atoms with van der Waals surface area (Å²) < 4.78 is 13.9. The minimum atomic E-state index is -1.18. The minimum Gasteiger partial charge on any atom is -0.465 e. The molecular weight excluding hydrogens is 484 g/mol. The molecule has 1 saturated heterocycles. The van der Waals surface area contributed by atoms with Crippen molar-refractivity contribution in [3.8, 4) is 0 Å². The number of hydrogen-bond donors (Lipinski definition) is 2. The first-order chi connectivity index (χ1) is 15.4. The number of nitrogens with one attached hydrogen (secondary N) is 1. The minimum absolute atomic E-state index is 0.0173. The molecule has 3 aromatic rings. The first-order valence-electron chi connectivity index (χ1n) is 10.3. The van der Waals surface area contributed by atoms with Gasteiger partial charge in [-0.2, -0.15) is 0 Å². The lowest BCUT2D eigenvalue weighted by molar-refractivity contribution is -0.131. The molecule has 32 heavy (non-hydrogen) atoms. The number of nitrogens with zero attached hydrogens (tertiary/aromatic N) is 3. The Hall–Kier alpha value is -2.92. The van der Waals surface area contributed by atoms with Gasteiger partial charge in [-0.15, -0.1) is 0 Å². The number of carbonyl (C=O) groups is 2. The van der Waals surface area contributed by atoms with Crippen LogP contribution in [0.25, 0.3) is 22.0 Å². The Balaban J connectivity index is 1.49. The summed E-state index contributed by atoms with van der Waals surface area (Å²) in [4.78, 5) is 42.6. The fourth-order valence-corrected chi connectivity index (χ4v) is 4.48. The van der Waals surface area contributed by atoms with E-state index in [2.05, 4.69) is 26.2 Å². The maximum atomic E-state index is 13.3. The molecule has 168 valence electrons. The average molecular weight is 505 g/mol. The molecule has 2 aliphatic rings. The van der Waals surface area contributed by atoms with Gasteiger partial charge in [-0.05, 0) is 37.5 Å². The fraction of sp³-hybridized carbons (Fsp3) is 0.429. The second-order valence-corrected chi connectivity index (χ2v) is 8.90. The van der Waals surface area contributed by atoms with Gasteiger partial charge in [0.1, 0.15) is 6.04 Å². The van der Waals surface area contributed by atoms with Crippen molar-refractivity contribution < 1.29 is 23.8 Å². The summed E-state index contributed by atoms with van der Waals surface area (Å²) in [6.45, 7) is 2.23. The smallest absolute Gasteiger partial charge is 0.408 e. The summed E-state index contributed by atoms with van der Waals surface area (Å²) in [6, 6.07) is 3.01. The van der Waals surface area contributed by atoms with Crippen LogP contribution < -0.4 is 10.9 Å². The van der Waals surface area contributed by atoms with Gasteiger partial charge in [0.2, 0.25) is 11.8 Å². The van der Waals surface area contributed by atoms with E-state index in [0.717, 1.165) is 38.7 Å². The van der Waals surface area contributed by atoms with Gasteiger partial charge in [-0.3, -0.25) is 14.5 Å². The van der Waals surface area contributed by atoms with E-state index in [0.29, 0.717) is 5.58 Å². The number of ether oxygens (including phenoxy) is 1. The average Bonchev–Trinajstić information content (AvgIpc) is 3.52. The topological polar surface area (TPSA) is 127 Å². The van der Waals surface area contributed by atoms with Crippen LogP contribution in [0.15, 0.2) is 25.8 Å². The quantitative estimate of drug-likeness (QED) is 0.558. The van der Waals surface area contributed by atoms with Gasteiger partial charge in [0.15, 0.2) is 11.1 Å². The zero-order chi connectivity index (χ0) is 22.6. The van der Waals surface area contributed by atoms with E-state index in [1.165, 1.54) is 0 Å². The highest BCUT2D eigenvalue weighted by Crippen LogP contribution is 2.39. The standard InChI is InChI=1S/C21H21BrN4O6/c1-10-13(22)5-4-12-17(10)26(11-2-3-11)20(28)16-18(12)32-15(24-16)8-23-19(27)14-9-31-7-6-25(14)21(29)30/h4-5,11,14H,2-3,6-9H2,1H3,(H,23,27)(H,29,30)/t14-/m0/s1. The lowest BCUT2D eigenvalue weighted by atomic mass is 10.1. The highest BCUT2D eigenvalue weighted by atomic mass is 79.9. The Morgan fingerprint density at radius 2 is 2.12 bits per heavy atom. The largest absolute Gasteiger partial charge is 0.465 e. The molecule has 0 radical (unpaired) electrons. The molecule has 2 aromatic heterocycles. The van der Waals surface area contributed by atoms with Crippen molar-refractivity contribution in [2.24, 2.45) is 0 Å². The Bertz CT molecular complexity index is 1310. The molecular formula is C21H21BrN4O6. The number of carbonyl (C=O) groups excluding carboxylic acids is 1. The van der Waals surface area contributed by atoms with E-state index in [1.807, 2.05) is 19.1 Å². The monoisotopic (exact) mass is 504 g/mol. The number of pyridine rings is 1.